The maximum Gasteiger partial charge on any atom is 0.313 e. The zero-order valence-corrected chi connectivity index (χ0v) is 9.49. The average Bonchev–Trinajstić information content (AvgIpc) is 2.18. The molecular weight excluding hydrogens is 194 g/mol. The molecule has 0 spiro atoms. The molecule has 1 saturated heterocycles. The second-order valence-electron chi connectivity index (χ2n) is 4.03. The van der Waals surface area contributed by atoms with Crippen molar-refractivity contribution in [1.82, 2.24) is 4.90 Å². The maximum atomic E-state index is 11.7. The second kappa shape index (κ2) is 5.85. The highest BCUT2D eigenvalue weighted by atomic mass is 16.5. The quantitative estimate of drug-likeness (QED) is 0.513. The van der Waals surface area contributed by atoms with Gasteiger partial charge in [0.2, 0.25) is 0 Å². The smallest absolute Gasteiger partial charge is 0.313 e. The van der Waals surface area contributed by atoms with Gasteiger partial charge in [0.1, 0.15) is 12.2 Å². The summed E-state index contributed by atoms with van der Waals surface area (Å²) in [6.45, 7) is 3.98. The normalized spacial score (nSPS) is 18.8. The molecule has 1 rings (SSSR count). The summed E-state index contributed by atoms with van der Waals surface area (Å²) in [5.41, 5.74) is 0. The molecule has 0 aromatic heterocycles. The number of piperidine rings is 1. The highest BCUT2D eigenvalue weighted by Gasteiger charge is 2.25. The summed E-state index contributed by atoms with van der Waals surface area (Å²) in [6, 6.07) is 0. The fraction of sp³-hybridized carbons (Fsp3) is 0.818. The molecule has 0 amide bonds. The zero-order chi connectivity index (χ0) is 11.3. The molecule has 1 heterocycles. The van der Waals surface area contributed by atoms with Crippen LogP contribution in [0.4, 0.5) is 0 Å². The van der Waals surface area contributed by atoms with E-state index in [2.05, 4.69) is 4.90 Å². The largest absolute Gasteiger partial charge is 0.466 e. The molecule has 0 saturated carbocycles. The Morgan fingerprint density at radius 2 is 1.93 bits per heavy atom. The third-order valence-electron chi connectivity index (χ3n) is 2.80. The standard InChI is InChI=1S/C11H19NO3/c1-3-15-11(14)8-10(13)9-4-6-12(2)7-5-9/h9H,3-8H2,1-2H3. The number of hydrogen-bond donors (Lipinski definition) is 0. The number of nitrogens with zero attached hydrogens (tertiary/aromatic N) is 1. The minimum Gasteiger partial charge on any atom is -0.466 e. The third-order valence-corrected chi connectivity index (χ3v) is 2.80. The van der Waals surface area contributed by atoms with Crippen molar-refractivity contribution in [2.24, 2.45) is 5.92 Å². The van der Waals surface area contributed by atoms with Crippen molar-refractivity contribution >= 4 is 11.8 Å². The molecule has 0 aliphatic carbocycles. The van der Waals surface area contributed by atoms with Crippen LogP contribution >= 0.6 is 0 Å². The molecule has 0 N–H and O–H groups in total. The lowest BCUT2D eigenvalue weighted by atomic mass is 9.91. The van der Waals surface area contributed by atoms with Crippen LogP contribution in [0.2, 0.25) is 0 Å². The van der Waals surface area contributed by atoms with Crippen LogP contribution in [-0.2, 0) is 14.3 Å². The molecule has 15 heavy (non-hydrogen) atoms. The number of esters is 1. The van der Waals surface area contributed by atoms with Gasteiger partial charge >= 0.3 is 5.97 Å². The summed E-state index contributed by atoms with van der Waals surface area (Å²) in [5, 5.41) is 0. The number of hydrogen-bond acceptors (Lipinski definition) is 4. The summed E-state index contributed by atoms with van der Waals surface area (Å²) in [4.78, 5) is 25.0. The van der Waals surface area contributed by atoms with Crippen molar-refractivity contribution in [2.75, 3.05) is 26.7 Å². The monoisotopic (exact) mass is 213 g/mol. The van der Waals surface area contributed by atoms with E-state index in [4.69, 9.17) is 4.74 Å². The highest BCUT2D eigenvalue weighted by molar-refractivity contribution is 5.96. The van der Waals surface area contributed by atoms with Crippen molar-refractivity contribution in [3.8, 4) is 0 Å². The topological polar surface area (TPSA) is 46.6 Å². The van der Waals surface area contributed by atoms with Crippen LogP contribution in [0.1, 0.15) is 26.2 Å². The van der Waals surface area contributed by atoms with Gasteiger partial charge in [-0.1, -0.05) is 0 Å². The van der Waals surface area contributed by atoms with Crippen molar-refractivity contribution in [1.29, 1.82) is 0 Å². The Balaban J connectivity index is 2.31. The van der Waals surface area contributed by atoms with E-state index >= 15 is 0 Å². The van der Waals surface area contributed by atoms with Gasteiger partial charge in [0.05, 0.1) is 6.61 Å². The van der Waals surface area contributed by atoms with Crippen LogP contribution < -0.4 is 0 Å². The molecule has 1 aliphatic rings. The van der Waals surface area contributed by atoms with Gasteiger partial charge in [-0.15, -0.1) is 0 Å². The Bertz CT molecular complexity index is 232. The number of carbonyl (C=O) groups is 2. The van der Waals surface area contributed by atoms with Crippen LogP contribution in [0.3, 0.4) is 0 Å². The lowest BCUT2D eigenvalue weighted by Gasteiger charge is -2.27. The Hall–Kier alpha value is -0.900. The molecule has 4 heteroatoms. The van der Waals surface area contributed by atoms with Gasteiger partial charge in [0, 0.05) is 5.92 Å². The number of carbonyl (C=O) groups excluding carboxylic acids is 2. The van der Waals surface area contributed by atoms with E-state index in [1.165, 1.54) is 0 Å². The van der Waals surface area contributed by atoms with Crippen molar-refractivity contribution in [3.05, 3.63) is 0 Å². The lowest BCUT2D eigenvalue weighted by molar-refractivity contribution is -0.146. The number of ether oxygens (including phenoxy) is 1. The van der Waals surface area contributed by atoms with E-state index in [-0.39, 0.29) is 24.1 Å². The van der Waals surface area contributed by atoms with Gasteiger partial charge in [-0.3, -0.25) is 9.59 Å². The van der Waals surface area contributed by atoms with Crippen molar-refractivity contribution in [3.63, 3.8) is 0 Å². The van der Waals surface area contributed by atoms with Gasteiger partial charge < -0.3 is 9.64 Å². The van der Waals surface area contributed by atoms with E-state index in [1.807, 2.05) is 7.05 Å². The fourth-order valence-corrected chi connectivity index (χ4v) is 1.83. The number of Topliss-reactive ketones (excluding diaryl/α,β-unsaturated/α-hetero) is 1. The Kier molecular flexibility index (Phi) is 4.75. The van der Waals surface area contributed by atoms with Crippen LogP contribution in [-0.4, -0.2) is 43.4 Å². The second-order valence-corrected chi connectivity index (χ2v) is 4.03. The molecule has 0 unspecified atom stereocenters. The molecule has 0 radical (unpaired) electrons. The minimum atomic E-state index is -0.388. The zero-order valence-electron chi connectivity index (χ0n) is 9.49. The van der Waals surface area contributed by atoms with Crippen molar-refractivity contribution in [2.45, 2.75) is 26.2 Å². The summed E-state index contributed by atoms with van der Waals surface area (Å²) in [6.07, 6.45) is 1.69. The summed E-state index contributed by atoms with van der Waals surface area (Å²) >= 11 is 0. The molecule has 0 aromatic carbocycles. The SMILES string of the molecule is CCOC(=O)CC(=O)C1CCN(C)CC1. The van der Waals surface area contributed by atoms with Gasteiger partial charge in [-0.25, -0.2) is 0 Å². The van der Waals surface area contributed by atoms with Gasteiger partial charge in [0.25, 0.3) is 0 Å². The van der Waals surface area contributed by atoms with E-state index in [0.717, 1.165) is 25.9 Å². The third kappa shape index (κ3) is 4.00. The number of ketones is 1. The summed E-state index contributed by atoms with van der Waals surface area (Å²) < 4.78 is 4.75. The van der Waals surface area contributed by atoms with E-state index < -0.39 is 0 Å². The van der Waals surface area contributed by atoms with Gasteiger partial charge in [0.15, 0.2) is 0 Å². The molecule has 0 atom stereocenters. The Labute approximate surface area is 90.6 Å². The molecule has 4 nitrogen and oxygen atoms in total. The molecule has 86 valence electrons. The molecule has 0 aromatic rings. The van der Waals surface area contributed by atoms with Gasteiger partial charge in [-0.05, 0) is 39.9 Å². The maximum absolute atomic E-state index is 11.7. The van der Waals surface area contributed by atoms with Crippen LogP contribution in [0.15, 0.2) is 0 Å². The predicted octanol–water partition coefficient (Wildman–Crippen LogP) is 0.851. The Morgan fingerprint density at radius 3 is 2.47 bits per heavy atom. The first-order valence-corrected chi connectivity index (χ1v) is 5.50. The first-order valence-electron chi connectivity index (χ1n) is 5.50. The van der Waals surface area contributed by atoms with Crippen molar-refractivity contribution < 1.29 is 14.3 Å². The average molecular weight is 213 g/mol. The summed E-state index contributed by atoms with van der Waals surface area (Å²) in [5.74, 6) is -0.284. The minimum absolute atomic E-state index is 0.0431. The molecule has 1 fully saturated rings. The predicted molar refractivity (Wildman–Crippen MR) is 56.5 cm³/mol. The summed E-state index contributed by atoms with van der Waals surface area (Å²) in [7, 11) is 2.05. The fourth-order valence-electron chi connectivity index (χ4n) is 1.83. The lowest BCUT2D eigenvalue weighted by Crippen LogP contribution is -2.34. The van der Waals surface area contributed by atoms with E-state index in [9.17, 15) is 9.59 Å². The highest BCUT2D eigenvalue weighted by Crippen LogP contribution is 2.18. The van der Waals surface area contributed by atoms with Crippen LogP contribution in [0.25, 0.3) is 0 Å². The molecular formula is C11H19NO3. The van der Waals surface area contributed by atoms with E-state index in [0.29, 0.717) is 6.61 Å². The first-order chi connectivity index (χ1) is 7.13. The van der Waals surface area contributed by atoms with Crippen LogP contribution in [0, 0.1) is 5.92 Å². The van der Waals surface area contributed by atoms with Crippen LogP contribution in [0.5, 0.6) is 0 Å². The molecule has 1 aliphatic heterocycles. The number of likely N-dealkylation sites (tertiary alicyclic amines) is 1. The van der Waals surface area contributed by atoms with E-state index in [1.54, 1.807) is 6.92 Å². The first kappa shape index (κ1) is 12.2. The molecule has 0 bridgehead atoms. The number of rotatable bonds is 4. The van der Waals surface area contributed by atoms with Gasteiger partial charge in [-0.2, -0.15) is 0 Å². The Morgan fingerprint density at radius 1 is 1.33 bits per heavy atom.